The monoisotopic (exact) mass is 310 g/mol. The highest BCUT2D eigenvalue weighted by Gasteiger charge is 2.24. The van der Waals surface area contributed by atoms with Gasteiger partial charge in [0, 0.05) is 12.6 Å². The van der Waals surface area contributed by atoms with E-state index in [1.54, 1.807) is 12.1 Å². The van der Waals surface area contributed by atoms with Crippen molar-refractivity contribution in [2.75, 3.05) is 19.6 Å². The summed E-state index contributed by atoms with van der Waals surface area (Å²) in [6, 6.07) is 7.57. The zero-order valence-corrected chi connectivity index (χ0v) is 13.8. The van der Waals surface area contributed by atoms with Crippen molar-refractivity contribution in [3.8, 4) is 0 Å². The zero-order chi connectivity index (χ0) is 15.3. The van der Waals surface area contributed by atoms with Crippen molar-refractivity contribution in [2.24, 2.45) is 0 Å². The van der Waals surface area contributed by atoms with Crippen LogP contribution in [0.1, 0.15) is 38.7 Å². The Bertz CT molecular complexity index is 540. The normalized spacial score (nSPS) is 20.0. The smallest absolute Gasteiger partial charge is 0.240 e. The lowest BCUT2D eigenvalue weighted by Crippen LogP contribution is -2.39. The number of rotatable bonds is 7. The summed E-state index contributed by atoms with van der Waals surface area (Å²) >= 11 is 0. The van der Waals surface area contributed by atoms with Crippen LogP contribution in [0.25, 0.3) is 0 Å². The highest BCUT2D eigenvalue weighted by molar-refractivity contribution is 7.89. The predicted octanol–water partition coefficient (Wildman–Crippen LogP) is 2.40. The predicted molar refractivity (Wildman–Crippen MR) is 85.9 cm³/mol. The average molecular weight is 310 g/mol. The second-order valence-electron chi connectivity index (χ2n) is 5.67. The van der Waals surface area contributed by atoms with Crippen molar-refractivity contribution in [2.45, 2.75) is 50.5 Å². The Labute approximate surface area is 128 Å². The zero-order valence-electron chi connectivity index (χ0n) is 13.0. The molecule has 0 radical (unpaired) electrons. The van der Waals surface area contributed by atoms with Crippen molar-refractivity contribution in [1.82, 2.24) is 9.62 Å². The van der Waals surface area contributed by atoms with Crippen LogP contribution in [0.4, 0.5) is 0 Å². The van der Waals surface area contributed by atoms with Crippen LogP contribution in [-0.4, -0.2) is 39.0 Å². The van der Waals surface area contributed by atoms with Gasteiger partial charge in [-0.15, -0.1) is 0 Å². The van der Waals surface area contributed by atoms with Crippen LogP contribution >= 0.6 is 0 Å². The van der Waals surface area contributed by atoms with Gasteiger partial charge < -0.3 is 0 Å². The first-order chi connectivity index (χ1) is 10.1. The third-order valence-electron chi connectivity index (χ3n) is 4.19. The number of nitrogens with one attached hydrogen (secondary N) is 1. The molecule has 0 unspecified atom stereocenters. The lowest BCUT2D eigenvalue weighted by molar-refractivity contribution is 0.268. The SMILES string of the molecule is CCCc1ccc(S(=O)(=O)NC[C@H]2CCCN2CC)cc1. The van der Waals surface area contributed by atoms with Crippen molar-refractivity contribution in [3.05, 3.63) is 29.8 Å². The van der Waals surface area contributed by atoms with E-state index in [4.69, 9.17) is 0 Å². The third-order valence-corrected chi connectivity index (χ3v) is 5.63. The first kappa shape index (κ1) is 16.5. The minimum atomic E-state index is -3.39. The number of nitrogens with zero attached hydrogens (tertiary/aromatic N) is 1. The van der Waals surface area contributed by atoms with Gasteiger partial charge >= 0.3 is 0 Å². The molecule has 1 aromatic rings. The lowest BCUT2D eigenvalue weighted by atomic mass is 10.1. The summed E-state index contributed by atoms with van der Waals surface area (Å²) in [5.41, 5.74) is 1.18. The Kier molecular flexibility index (Phi) is 5.79. The topological polar surface area (TPSA) is 49.4 Å². The van der Waals surface area contributed by atoms with E-state index in [1.807, 2.05) is 12.1 Å². The molecule has 2 rings (SSSR count). The van der Waals surface area contributed by atoms with E-state index < -0.39 is 10.0 Å². The van der Waals surface area contributed by atoms with Crippen LogP contribution < -0.4 is 4.72 Å². The summed E-state index contributed by atoms with van der Waals surface area (Å²) in [7, 11) is -3.39. The van der Waals surface area contributed by atoms with Gasteiger partial charge in [0.05, 0.1) is 4.90 Å². The highest BCUT2D eigenvalue weighted by Crippen LogP contribution is 2.17. The molecule has 1 aromatic carbocycles. The van der Waals surface area contributed by atoms with Gasteiger partial charge in [0.2, 0.25) is 10.0 Å². The van der Waals surface area contributed by atoms with Crippen molar-refractivity contribution >= 4 is 10.0 Å². The largest absolute Gasteiger partial charge is 0.299 e. The molecule has 4 nitrogen and oxygen atoms in total. The summed E-state index contributed by atoms with van der Waals surface area (Å²) in [6.45, 7) is 6.81. The summed E-state index contributed by atoms with van der Waals surface area (Å²) in [5, 5.41) is 0. The minimum absolute atomic E-state index is 0.337. The van der Waals surface area contributed by atoms with Crippen LogP contribution in [0.2, 0.25) is 0 Å². The Balaban J connectivity index is 1.97. The first-order valence-corrected chi connectivity index (χ1v) is 9.37. The summed E-state index contributed by atoms with van der Waals surface area (Å²) in [6.07, 6.45) is 4.29. The molecule has 1 N–H and O–H groups in total. The molecule has 0 aromatic heterocycles. The number of aryl methyl sites for hydroxylation is 1. The van der Waals surface area contributed by atoms with Crippen molar-refractivity contribution in [3.63, 3.8) is 0 Å². The molecule has 0 bridgehead atoms. The fourth-order valence-corrected chi connectivity index (χ4v) is 4.03. The molecule has 1 fully saturated rings. The average Bonchev–Trinajstić information content (AvgIpc) is 2.94. The maximum absolute atomic E-state index is 12.3. The van der Waals surface area contributed by atoms with Gasteiger partial charge in [-0.3, -0.25) is 4.90 Å². The van der Waals surface area contributed by atoms with Crippen molar-refractivity contribution < 1.29 is 8.42 Å². The molecule has 1 aliphatic rings. The Morgan fingerprint density at radius 1 is 1.24 bits per heavy atom. The summed E-state index contributed by atoms with van der Waals surface area (Å²) in [4.78, 5) is 2.70. The summed E-state index contributed by atoms with van der Waals surface area (Å²) in [5.74, 6) is 0. The molecule has 118 valence electrons. The van der Waals surface area contributed by atoms with E-state index in [1.165, 1.54) is 5.56 Å². The van der Waals surface area contributed by atoms with E-state index in [2.05, 4.69) is 23.5 Å². The second-order valence-corrected chi connectivity index (χ2v) is 7.44. The van der Waals surface area contributed by atoms with Crippen LogP contribution in [-0.2, 0) is 16.4 Å². The minimum Gasteiger partial charge on any atom is -0.299 e. The van der Waals surface area contributed by atoms with Crippen LogP contribution in [0.15, 0.2) is 29.2 Å². The Morgan fingerprint density at radius 3 is 2.57 bits per heavy atom. The molecule has 0 saturated carbocycles. The Morgan fingerprint density at radius 2 is 1.95 bits per heavy atom. The van der Waals surface area contributed by atoms with E-state index in [9.17, 15) is 8.42 Å². The van der Waals surface area contributed by atoms with Gasteiger partial charge in [0.1, 0.15) is 0 Å². The van der Waals surface area contributed by atoms with E-state index in [-0.39, 0.29) is 0 Å². The molecular weight excluding hydrogens is 284 g/mol. The number of hydrogen-bond donors (Lipinski definition) is 1. The molecule has 5 heteroatoms. The van der Waals surface area contributed by atoms with Gasteiger partial charge in [-0.2, -0.15) is 0 Å². The molecule has 0 spiro atoms. The maximum Gasteiger partial charge on any atom is 0.240 e. The number of likely N-dealkylation sites (tertiary alicyclic amines) is 1. The van der Waals surface area contributed by atoms with E-state index >= 15 is 0 Å². The highest BCUT2D eigenvalue weighted by atomic mass is 32.2. The standard InChI is InChI=1S/C16H26N2O2S/c1-3-6-14-8-10-16(11-9-14)21(19,20)17-13-15-7-5-12-18(15)4-2/h8-11,15,17H,3-7,12-13H2,1-2H3/t15-/m1/s1. The lowest BCUT2D eigenvalue weighted by Gasteiger charge is -2.22. The van der Waals surface area contributed by atoms with E-state index in [0.717, 1.165) is 38.8 Å². The molecular formula is C16H26N2O2S. The Hall–Kier alpha value is -0.910. The number of likely N-dealkylation sites (N-methyl/N-ethyl adjacent to an activating group) is 1. The van der Waals surface area contributed by atoms with Gasteiger partial charge in [0.25, 0.3) is 0 Å². The van der Waals surface area contributed by atoms with Gasteiger partial charge in [0.15, 0.2) is 0 Å². The molecule has 21 heavy (non-hydrogen) atoms. The quantitative estimate of drug-likeness (QED) is 0.841. The van der Waals surface area contributed by atoms with Crippen molar-refractivity contribution in [1.29, 1.82) is 0 Å². The van der Waals surface area contributed by atoms with Gasteiger partial charge in [-0.1, -0.05) is 32.4 Å². The fourth-order valence-electron chi connectivity index (χ4n) is 2.96. The first-order valence-electron chi connectivity index (χ1n) is 7.89. The third kappa shape index (κ3) is 4.28. The molecule has 1 aliphatic heterocycles. The number of benzene rings is 1. The van der Waals surface area contributed by atoms with Crippen LogP contribution in [0.5, 0.6) is 0 Å². The molecule has 1 saturated heterocycles. The molecule has 1 atom stereocenters. The number of sulfonamides is 1. The van der Waals surface area contributed by atoms with Crippen LogP contribution in [0, 0.1) is 0 Å². The molecule has 0 aliphatic carbocycles. The van der Waals surface area contributed by atoms with Gasteiger partial charge in [-0.25, -0.2) is 13.1 Å². The fraction of sp³-hybridized carbons (Fsp3) is 0.625. The second kappa shape index (κ2) is 7.38. The van der Waals surface area contributed by atoms with Crippen LogP contribution in [0.3, 0.4) is 0 Å². The molecule has 0 amide bonds. The number of hydrogen-bond acceptors (Lipinski definition) is 3. The van der Waals surface area contributed by atoms with Gasteiger partial charge in [-0.05, 0) is 50.0 Å². The molecule has 1 heterocycles. The maximum atomic E-state index is 12.3. The van der Waals surface area contributed by atoms with E-state index in [0.29, 0.717) is 17.5 Å². The summed E-state index contributed by atoms with van der Waals surface area (Å²) < 4.78 is 27.4.